The van der Waals surface area contributed by atoms with Gasteiger partial charge in [-0.2, -0.15) is 18.3 Å². The minimum Gasteiger partial charge on any atom is -0.383 e. The molecule has 9 heteroatoms. The molecule has 1 aromatic heterocycles. The Kier molecular flexibility index (Phi) is 7.81. The number of H-pyrrole nitrogens is 1. The van der Waals surface area contributed by atoms with Gasteiger partial charge in [-0.15, -0.1) is 0 Å². The SMILES string of the molecule is CCc1n[nH]c(CC)c1C(c1c(Cl)cc(C(F)(F)F)cc1Cl)N1Cc2ccccc2CC1COC. The second-order valence-corrected chi connectivity index (χ2v) is 9.59. The van der Waals surface area contributed by atoms with Gasteiger partial charge < -0.3 is 4.74 Å². The highest BCUT2D eigenvalue weighted by molar-refractivity contribution is 6.36. The summed E-state index contributed by atoms with van der Waals surface area (Å²) in [5.74, 6) is 0. The molecule has 3 aromatic rings. The zero-order valence-corrected chi connectivity index (χ0v) is 21.4. The molecule has 2 aromatic carbocycles. The highest BCUT2D eigenvalue weighted by Crippen LogP contribution is 2.46. The molecule has 0 bridgehead atoms. The standard InChI is InChI=1S/C26H28Cl2F3N3O/c1-4-21-24(22(5-2)33-32-21)25(23-19(27)11-17(12-20(23)28)26(29,30)31)34-13-16-9-7-6-8-15(16)10-18(34)14-35-3/h6-9,11-12,18,25H,4-5,10,13-14H2,1-3H3,(H,32,33). The predicted molar refractivity (Wildman–Crippen MR) is 132 cm³/mol. The number of halogens is 5. The highest BCUT2D eigenvalue weighted by atomic mass is 35.5. The second-order valence-electron chi connectivity index (χ2n) is 8.78. The van der Waals surface area contributed by atoms with Gasteiger partial charge in [-0.1, -0.05) is 61.3 Å². The second kappa shape index (κ2) is 10.5. The fourth-order valence-electron chi connectivity index (χ4n) is 5.03. The molecular weight excluding hydrogens is 498 g/mol. The number of ether oxygens (including phenoxy) is 1. The lowest BCUT2D eigenvalue weighted by atomic mass is 9.87. The quantitative estimate of drug-likeness (QED) is 0.360. The van der Waals surface area contributed by atoms with Gasteiger partial charge in [-0.25, -0.2) is 0 Å². The van der Waals surface area contributed by atoms with Gasteiger partial charge in [-0.05, 0) is 42.5 Å². The predicted octanol–water partition coefficient (Wildman–Crippen LogP) is 7.02. The number of aryl methyl sites for hydroxylation is 2. The molecule has 1 N–H and O–H groups in total. The van der Waals surface area contributed by atoms with Crippen molar-refractivity contribution in [2.75, 3.05) is 13.7 Å². The summed E-state index contributed by atoms with van der Waals surface area (Å²) in [6.45, 7) is 5.04. The van der Waals surface area contributed by atoms with Crippen molar-refractivity contribution in [2.24, 2.45) is 0 Å². The maximum absolute atomic E-state index is 13.5. The molecule has 0 radical (unpaired) electrons. The van der Waals surface area contributed by atoms with Crippen molar-refractivity contribution in [1.29, 1.82) is 0 Å². The number of benzene rings is 2. The van der Waals surface area contributed by atoms with Crippen LogP contribution in [0.5, 0.6) is 0 Å². The first-order valence-electron chi connectivity index (χ1n) is 11.6. The molecule has 1 aliphatic heterocycles. The van der Waals surface area contributed by atoms with Crippen LogP contribution in [-0.2, 0) is 36.7 Å². The monoisotopic (exact) mass is 525 g/mol. The average molecular weight is 526 g/mol. The Labute approximate surface area is 213 Å². The number of methoxy groups -OCH3 is 1. The van der Waals surface area contributed by atoms with E-state index in [0.29, 0.717) is 31.6 Å². The van der Waals surface area contributed by atoms with Crippen molar-refractivity contribution in [3.63, 3.8) is 0 Å². The molecule has 2 atom stereocenters. The van der Waals surface area contributed by atoms with Crippen LogP contribution in [0.15, 0.2) is 36.4 Å². The van der Waals surface area contributed by atoms with Crippen LogP contribution in [0.1, 0.15) is 59.1 Å². The molecule has 4 nitrogen and oxygen atoms in total. The molecule has 1 aliphatic rings. The van der Waals surface area contributed by atoms with Gasteiger partial charge >= 0.3 is 6.18 Å². The molecule has 0 saturated heterocycles. The summed E-state index contributed by atoms with van der Waals surface area (Å²) in [7, 11) is 1.65. The molecule has 0 aliphatic carbocycles. The normalized spacial score (nSPS) is 17.4. The van der Waals surface area contributed by atoms with Gasteiger partial charge in [0.15, 0.2) is 0 Å². The summed E-state index contributed by atoms with van der Waals surface area (Å²) in [6.07, 6.45) is -2.49. The van der Waals surface area contributed by atoms with Crippen LogP contribution in [0.25, 0.3) is 0 Å². The van der Waals surface area contributed by atoms with E-state index in [9.17, 15) is 13.2 Å². The van der Waals surface area contributed by atoms with Crippen LogP contribution in [0.3, 0.4) is 0 Å². The molecule has 0 fully saturated rings. The molecular formula is C26H28Cl2F3N3O. The van der Waals surface area contributed by atoms with E-state index in [2.05, 4.69) is 27.2 Å². The Morgan fingerprint density at radius 3 is 2.31 bits per heavy atom. The molecule has 0 amide bonds. The largest absolute Gasteiger partial charge is 0.416 e. The fraction of sp³-hybridized carbons (Fsp3) is 0.423. The summed E-state index contributed by atoms with van der Waals surface area (Å²) in [6, 6.07) is 9.58. The number of fused-ring (bicyclic) bond motifs is 1. The van der Waals surface area contributed by atoms with Crippen LogP contribution < -0.4 is 0 Å². The topological polar surface area (TPSA) is 41.2 Å². The third-order valence-electron chi connectivity index (χ3n) is 6.69. The number of nitrogens with one attached hydrogen (secondary N) is 1. The smallest absolute Gasteiger partial charge is 0.383 e. The van der Waals surface area contributed by atoms with Crippen molar-refractivity contribution in [1.82, 2.24) is 15.1 Å². The summed E-state index contributed by atoms with van der Waals surface area (Å²) in [5.41, 5.74) is 4.64. The fourth-order valence-corrected chi connectivity index (χ4v) is 5.73. The van der Waals surface area contributed by atoms with Crippen molar-refractivity contribution < 1.29 is 17.9 Å². The van der Waals surface area contributed by atoms with Gasteiger partial charge in [0.25, 0.3) is 0 Å². The Morgan fingerprint density at radius 2 is 1.74 bits per heavy atom. The van der Waals surface area contributed by atoms with Gasteiger partial charge in [0.05, 0.1) is 23.9 Å². The Hall–Kier alpha value is -2.06. The van der Waals surface area contributed by atoms with Crippen molar-refractivity contribution in [3.05, 3.63) is 85.6 Å². The van der Waals surface area contributed by atoms with Crippen molar-refractivity contribution in [3.8, 4) is 0 Å². The lowest BCUT2D eigenvalue weighted by molar-refractivity contribution is -0.137. The summed E-state index contributed by atoms with van der Waals surface area (Å²) in [5, 5.41) is 7.62. The van der Waals surface area contributed by atoms with Gasteiger partial charge in [0.2, 0.25) is 0 Å². The lowest BCUT2D eigenvalue weighted by Crippen LogP contribution is -2.46. The summed E-state index contributed by atoms with van der Waals surface area (Å²) in [4.78, 5) is 2.25. The van der Waals surface area contributed by atoms with E-state index in [0.717, 1.165) is 41.1 Å². The van der Waals surface area contributed by atoms with Crippen LogP contribution >= 0.6 is 23.2 Å². The molecule has 35 heavy (non-hydrogen) atoms. The van der Waals surface area contributed by atoms with E-state index in [-0.39, 0.29) is 16.1 Å². The highest BCUT2D eigenvalue weighted by Gasteiger charge is 2.39. The summed E-state index contributed by atoms with van der Waals surface area (Å²) >= 11 is 13.2. The Balaban J connectivity index is 1.96. The van der Waals surface area contributed by atoms with Crippen LogP contribution in [0.4, 0.5) is 13.2 Å². The maximum atomic E-state index is 13.5. The van der Waals surface area contributed by atoms with Crippen molar-refractivity contribution in [2.45, 2.75) is 57.9 Å². The number of hydrogen-bond donors (Lipinski definition) is 1. The first kappa shape index (κ1) is 26.0. The molecule has 4 rings (SSSR count). The summed E-state index contributed by atoms with van der Waals surface area (Å²) < 4.78 is 46.1. The molecule has 188 valence electrons. The lowest BCUT2D eigenvalue weighted by Gasteiger charge is -2.43. The van der Waals surface area contributed by atoms with Crippen LogP contribution in [0.2, 0.25) is 10.0 Å². The van der Waals surface area contributed by atoms with E-state index < -0.39 is 17.8 Å². The number of nitrogens with zero attached hydrogens (tertiary/aromatic N) is 2. The van der Waals surface area contributed by atoms with E-state index in [1.54, 1.807) is 7.11 Å². The molecule has 0 spiro atoms. The maximum Gasteiger partial charge on any atom is 0.416 e. The first-order valence-corrected chi connectivity index (χ1v) is 12.4. The third kappa shape index (κ3) is 5.10. The third-order valence-corrected chi connectivity index (χ3v) is 7.32. The van der Waals surface area contributed by atoms with E-state index in [1.165, 1.54) is 5.56 Å². The zero-order valence-electron chi connectivity index (χ0n) is 19.8. The average Bonchev–Trinajstić information content (AvgIpc) is 3.23. The minimum atomic E-state index is -4.55. The first-order chi connectivity index (χ1) is 16.7. The number of aromatic nitrogens is 2. The van der Waals surface area contributed by atoms with E-state index >= 15 is 0 Å². The molecule has 2 unspecified atom stereocenters. The molecule has 0 saturated carbocycles. The van der Waals surface area contributed by atoms with Gasteiger partial charge in [-0.3, -0.25) is 10.00 Å². The number of aromatic amines is 1. The zero-order chi connectivity index (χ0) is 25.3. The Morgan fingerprint density at radius 1 is 1.09 bits per heavy atom. The van der Waals surface area contributed by atoms with Crippen LogP contribution in [0, 0.1) is 0 Å². The number of rotatable bonds is 7. The van der Waals surface area contributed by atoms with Gasteiger partial charge in [0, 0.05) is 46.6 Å². The Bertz CT molecular complexity index is 1150. The number of alkyl halides is 3. The minimum absolute atomic E-state index is 0.0184. The van der Waals surface area contributed by atoms with Crippen molar-refractivity contribution >= 4 is 23.2 Å². The van der Waals surface area contributed by atoms with Gasteiger partial charge in [0.1, 0.15) is 0 Å². The van der Waals surface area contributed by atoms with E-state index in [1.807, 2.05) is 26.0 Å². The number of hydrogen-bond acceptors (Lipinski definition) is 3. The van der Waals surface area contributed by atoms with Crippen LogP contribution in [-0.4, -0.2) is 34.9 Å². The molecule has 2 heterocycles. The van der Waals surface area contributed by atoms with E-state index in [4.69, 9.17) is 27.9 Å².